The summed E-state index contributed by atoms with van der Waals surface area (Å²) < 4.78 is 0. The van der Waals surface area contributed by atoms with E-state index < -0.39 is 0 Å². The van der Waals surface area contributed by atoms with E-state index in [2.05, 4.69) is 5.32 Å². The van der Waals surface area contributed by atoms with Gasteiger partial charge in [0.15, 0.2) is 5.11 Å². The normalized spacial score (nSPS) is 15.9. The van der Waals surface area contributed by atoms with E-state index >= 15 is 0 Å². The fourth-order valence-corrected chi connectivity index (χ4v) is 1.93. The van der Waals surface area contributed by atoms with E-state index in [1.165, 1.54) is 0 Å². The van der Waals surface area contributed by atoms with Gasteiger partial charge in [-0.3, -0.25) is 4.79 Å². The third-order valence-corrected chi connectivity index (χ3v) is 3.13. The minimum atomic E-state index is 0.105. The molecule has 1 aliphatic heterocycles. The summed E-state index contributed by atoms with van der Waals surface area (Å²) in [5, 5.41) is 3.74. The molecule has 1 aromatic rings. The molecule has 2 rings (SSSR count). The molecular weight excluding hydrogens is 234 g/mol. The highest BCUT2D eigenvalue weighted by atomic mass is 32.1. The van der Waals surface area contributed by atoms with Crippen LogP contribution in [0.3, 0.4) is 0 Å². The van der Waals surface area contributed by atoms with E-state index in [4.69, 9.17) is 12.2 Å². The number of thiocarbonyl (C=S) groups is 1. The second-order valence-corrected chi connectivity index (χ2v) is 4.42. The van der Waals surface area contributed by atoms with Gasteiger partial charge in [-0.2, -0.15) is 0 Å². The predicted octanol–water partition coefficient (Wildman–Crippen LogP) is 1.16. The molecule has 0 aliphatic carbocycles. The molecule has 1 amide bonds. The van der Waals surface area contributed by atoms with Crippen LogP contribution in [0.5, 0.6) is 0 Å². The quantitative estimate of drug-likeness (QED) is 0.758. The molecule has 0 aromatic heterocycles. The van der Waals surface area contributed by atoms with Gasteiger partial charge in [-0.25, -0.2) is 0 Å². The maximum atomic E-state index is 11.6. The van der Waals surface area contributed by atoms with Crippen LogP contribution in [-0.2, 0) is 4.79 Å². The molecule has 0 radical (unpaired) electrons. The number of carbonyl (C=O) groups is 1. The van der Waals surface area contributed by atoms with Crippen LogP contribution in [-0.4, -0.2) is 47.5 Å². The Kier molecular flexibility index (Phi) is 3.58. The van der Waals surface area contributed by atoms with Crippen molar-refractivity contribution in [2.45, 2.75) is 0 Å². The molecule has 17 heavy (non-hydrogen) atoms. The van der Waals surface area contributed by atoms with Crippen LogP contribution in [0.4, 0.5) is 5.69 Å². The molecule has 1 N–H and O–H groups in total. The van der Waals surface area contributed by atoms with Crippen LogP contribution >= 0.6 is 12.2 Å². The first-order chi connectivity index (χ1) is 8.16. The lowest BCUT2D eigenvalue weighted by Crippen LogP contribution is -2.51. The summed E-state index contributed by atoms with van der Waals surface area (Å²) in [6.45, 7) is 1.85. The number of anilines is 1. The van der Waals surface area contributed by atoms with Gasteiger partial charge in [0, 0.05) is 25.8 Å². The largest absolute Gasteiger partial charge is 0.342 e. The zero-order valence-electron chi connectivity index (χ0n) is 9.72. The first-order valence-electron chi connectivity index (χ1n) is 5.52. The third-order valence-electron chi connectivity index (χ3n) is 2.77. The summed E-state index contributed by atoms with van der Waals surface area (Å²) in [7, 11) is 1.81. The molecular formula is C12H15N3OS. The van der Waals surface area contributed by atoms with E-state index in [1.54, 1.807) is 4.90 Å². The Morgan fingerprint density at radius 3 is 2.65 bits per heavy atom. The summed E-state index contributed by atoms with van der Waals surface area (Å²) >= 11 is 5.29. The molecule has 5 heteroatoms. The number of amides is 1. The zero-order valence-corrected chi connectivity index (χ0v) is 10.5. The first kappa shape index (κ1) is 11.9. The van der Waals surface area contributed by atoms with E-state index in [0.717, 1.165) is 18.8 Å². The van der Waals surface area contributed by atoms with Crippen molar-refractivity contribution in [3.05, 3.63) is 30.3 Å². The van der Waals surface area contributed by atoms with Crippen molar-refractivity contribution in [3.63, 3.8) is 0 Å². The SMILES string of the molecule is CN1CCN(C(=S)Nc2ccccc2)CC1=O. The van der Waals surface area contributed by atoms with Crippen LogP contribution < -0.4 is 5.32 Å². The van der Waals surface area contributed by atoms with Gasteiger partial charge in [-0.1, -0.05) is 18.2 Å². The van der Waals surface area contributed by atoms with Crippen molar-refractivity contribution in [2.75, 3.05) is 32.0 Å². The smallest absolute Gasteiger partial charge is 0.241 e. The Labute approximate surface area is 106 Å². The maximum absolute atomic E-state index is 11.6. The highest BCUT2D eigenvalue weighted by Gasteiger charge is 2.22. The molecule has 0 unspecified atom stereocenters. The number of hydrogen-bond donors (Lipinski definition) is 1. The van der Waals surface area contributed by atoms with Gasteiger partial charge < -0.3 is 15.1 Å². The standard InChI is InChI=1S/C12H15N3OS/c1-14-7-8-15(9-11(14)16)12(17)13-10-5-3-2-4-6-10/h2-6H,7-9H2,1H3,(H,13,17). The minimum Gasteiger partial charge on any atom is -0.342 e. The van der Waals surface area contributed by atoms with Crippen LogP contribution in [0, 0.1) is 0 Å². The molecule has 0 spiro atoms. The number of benzene rings is 1. The van der Waals surface area contributed by atoms with Gasteiger partial charge in [0.05, 0.1) is 6.54 Å². The molecule has 1 aromatic carbocycles. The van der Waals surface area contributed by atoms with E-state index in [-0.39, 0.29) is 5.91 Å². The van der Waals surface area contributed by atoms with Crippen LogP contribution in [0.25, 0.3) is 0 Å². The van der Waals surface area contributed by atoms with E-state index in [1.807, 2.05) is 42.3 Å². The lowest BCUT2D eigenvalue weighted by Gasteiger charge is -2.33. The molecule has 1 aliphatic rings. The van der Waals surface area contributed by atoms with Crippen LogP contribution in [0.2, 0.25) is 0 Å². The van der Waals surface area contributed by atoms with Crippen LogP contribution in [0.1, 0.15) is 0 Å². The second-order valence-electron chi connectivity index (χ2n) is 4.03. The van der Waals surface area contributed by atoms with Crippen molar-refractivity contribution >= 4 is 28.9 Å². The molecule has 1 saturated heterocycles. The Morgan fingerprint density at radius 2 is 2.00 bits per heavy atom. The lowest BCUT2D eigenvalue weighted by molar-refractivity contribution is -0.132. The van der Waals surface area contributed by atoms with Crippen molar-refractivity contribution in [2.24, 2.45) is 0 Å². The highest BCUT2D eigenvalue weighted by Crippen LogP contribution is 2.08. The summed E-state index contributed by atoms with van der Waals surface area (Å²) in [5.41, 5.74) is 0.948. The molecule has 1 heterocycles. The number of likely N-dealkylation sites (N-methyl/N-ethyl adjacent to an activating group) is 1. The van der Waals surface area contributed by atoms with Crippen molar-refractivity contribution in [1.82, 2.24) is 9.80 Å². The molecule has 0 atom stereocenters. The number of rotatable bonds is 1. The Balaban J connectivity index is 1.95. The monoisotopic (exact) mass is 249 g/mol. The number of nitrogens with one attached hydrogen (secondary N) is 1. The number of hydrogen-bond acceptors (Lipinski definition) is 2. The average Bonchev–Trinajstić information content (AvgIpc) is 2.34. The summed E-state index contributed by atoms with van der Waals surface area (Å²) in [5.74, 6) is 0.105. The van der Waals surface area contributed by atoms with E-state index in [0.29, 0.717) is 11.7 Å². The fraction of sp³-hybridized carbons (Fsp3) is 0.333. The van der Waals surface area contributed by atoms with Crippen LogP contribution in [0.15, 0.2) is 30.3 Å². The average molecular weight is 249 g/mol. The topological polar surface area (TPSA) is 35.6 Å². The van der Waals surface area contributed by atoms with Crippen molar-refractivity contribution in [1.29, 1.82) is 0 Å². The lowest BCUT2D eigenvalue weighted by atomic mass is 10.3. The number of piperazine rings is 1. The van der Waals surface area contributed by atoms with Gasteiger partial charge in [-0.15, -0.1) is 0 Å². The summed E-state index contributed by atoms with van der Waals surface area (Å²) in [4.78, 5) is 15.2. The third kappa shape index (κ3) is 2.94. The fourth-order valence-electron chi connectivity index (χ4n) is 1.66. The van der Waals surface area contributed by atoms with Gasteiger partial charge in [0.25, 0.3) is 0 Å². The Morgan fingerprint density at radius 1 is 1.29 bits per heavy atom. The second kappa shape index (κ2) is 5.14. The first-order valence-corrected chi connectivity index (χ1v) is 5.92. The Hall–Kier alpha value is -1.62. The minimum absolute atomic E-state index is 0.105. The highest BCUT2D eigenvalue weighted by molar-refractivity contribution is 7.80. The maximum Gasteiger partial charge on any atom is 0.241 e. The van der Waals surface area contributed by atoms with Gasteiger partial charge in [0.1, 0.15) is 0 Å². The van der Waals surface area contributed by atoms with Crippen molar-refractivity contribution < 1.29 is 4.79 Å². The number of nitrogens with zero attached hydrogens (tertiary/aromatic N) is 2. The summed E-state index contributed by atoms with van der Waals surface area (Å²) in [6.07, 6.45) is 0. The van der Waals surface area contributed by atoms with Gasteiger partial charge in [0.2, 0.25) is 5.91 Å². The van der Waals surface area contributed by atoms with E-state index in [9.17, 15) is 4.79 Å². The molecule has 1 fully saturated rings. The summed E-state index contributed by atoms with van der Waals surface area (Å²) in [6, 6.07) is 9.74. The zero-order chi connectivity index (χ0) is 12.3. The molecule has 0 bridgehead atoms. The van der Waals surface area contributed by atoms with Gasteiger partial charge >= 0.3 is 0 Å². The number of para-hydroxylation sites is 1. The predicted molar refractivity (Wildman–Crippen MR) is 71.9 cm³/mol. The number of carbonyl (C=O) groups excluding carboxylic acids is 1. The molecule has 4 nitrogen and oxygen atoms in total. The molecule has 90 valence electrons. The molecule has 0 saturated carbocycles. The Bertz CT molecular complexity index is 421. The van der Waals surface area contributed by atoms with Gasteiger partial charge in [-0.05, 0) is 24.4 Å². The van der Waals surface area contributed by atoms with Crippen molar-refractivity contribution in [3.8, 4) is 0 Å².